The first kappa shape index (κ1) is 25.5. The number of ether oxygens (including phenoxy) is 1. The average molecular weight is 483 g/mol. The topological polar surface area (TPSA) is 87.1 Å². The highest BCUT2D eigenvalue weighted by Crippen LogP contribution is 2.35. The monoisotopic (exact) mass is 483 g/mol. The van der Waals surface area contributed by atoms with Gasteiger partial charge in [0.15, 0.2) is 0 Å². The third-order valence-electron chi connectivity index (χ3n) is 6.88. The lowest BCUT2D eigenvalue weighted by Crippen LogP contribution is -2.42. The van der Waals surface area contributed by atoms with E-state index < -0.39 is 17.9 Å². The number of allylic oxidation sites excluding steroid dienone is 1. The van der Waals surface area contributed by atoms with Crippen molar-refractivity contribution >= 4 is 31.4 Å². The first-order chi connectivity index (χ1) is 16.9. The van der Waals surface area contributed by atoms with E-state index in [-0.39, 0.29) is 23.3 Å². The van der Waals surface area contributed by atoms with Crippen molar-refractivity contribution in [2.45, 2.75) is 50.7 Å². The summed E-state index contributed by atoms with van der Waals surface area (Å²) in [7, 11) is 5.62. The fourth-order valence-corrected chi connectivity index (χ4v) is 4.77. The summed E-state index contributed by atoms with van der Waals surface area (Å²) < 4.78 is 33.7. The minimum atomic E-state index is -0.991. The Morgan fingerprint density at radius 3 is 2.94 bits per heavy atom. The molecule has 3 aliphatic rings. The molecule has 1 aromatic carbocycles. The van der Waals surface area contributed by atoms with Crippen molar-refractivity contribution in [2.75, 3.05) is 32.8 Å². The van der Waals surface area contributed by atoms with Crippen LogP contribution < -0.4 is 21.4 Å². The third-order valence-corrected chi connectivity index (χ3v) is 6.88. The van der Waals surface area contributed by atoms with Gasteiger partial charge in [0.25, 0.3) is 0 Å². The van der Waals surface area contributed by atoms with Crippen molar-refractivity contribution in [3.05, 3.63) is 40.8 Å². The van der Waals surface area contributed by atoms with E-state index in [0.29, 0.717) is 62.8 Å². The van der Waals surface area contributed by atoms with E-state index in [0.717, 1.165) is 18.4 Å². The molecule has 186 valence electrons. The molecule has 4 rings (SSSR count). The van der Waals surface area contributed by atoms with Crippen LogP contribution in [0.3, 0.4) is 0 Å². The molecule has 1 fully saturated rings. The van der Waals surface area contributed by atoms with Crippen LogP contribution in [0.25, 0.3) is 0 Å². The molecule has 0 saturated carbocycles. The van der Waals surface area contributed by atoms with Crippen molar-refractivity contribution in [1.29, 1.82) is 0 Å². The van der Waals surface area contributed by atoms with Crippen LogP contribution in [0.1, 0.15) is 44.1 Å². The number of aliphatic imine (C=N–C) groups is 2. The van der Waals surface area contributed by atoms with Gasteiger partial charge in [-0.05, 0) is 42.4 Å². The van der Waals surface area contributed by atoms with Crippen LogP contribution in [0.4, 0.5) is 8.78 Å². The predicted molar refractivity (Wildman–Crippen MR) is 134 cm³/mol. The second kappa shape index (κ2) is 11.9. The normalized spacial score (nSPS) is 24.7. The zero-order valence-corrected chi connectivity index (χ0v) is 20.0. The molecule has 0 unspecified atom stereocenters. The quantitative estimate of drug-likeness (QED) is 0.388. The Balaban J connectivity index is 1.35. The van der Waals surface area contributed by atoms with Gasteiger partial charge in [0.2, 0.25) is 5.91 Å². The summed E-state index contributed by atoms with van der Waals surface area (Å²) in [6.07, 6.45) is 3.21. The number of nitrogens with zero attached hydrogens (tertiary/aromatic N) is 2. The van der Waals surface area contributed by atoms with Gasteiger partial charge in [0.05, 0.1) is 24.5 Å². The second-order valence-electron chi connectivity index (χ2n) is 9.34. The van der Waals surface area contributed by atoms with E-state index in [4.69, 9.17) is 12.6 Å². The maximum atomic E-state index is 14.1. The van der Waals surface area contributed by atoms with Crippen LogP contribution in [0.15, 0.2) is 39.5 Å². The van der Waals surface area contributed by atoms with Gasteiger partial charge in [-0.3, -0.25) is 9.79 Å². The first-order valence-electron chi connectivity index (χ1n) is 12.3. The highest BCUT2D eigenvalue weighted by atomic mass is 19.1. The van der Waals surface area contributed by atoms with Gasteiger partial charge in [-0.15, -0.1) is 0 Å². The summed E-state index contributed by atoms with van der Waals surface area (Å²) in [5.41, 5.74) is 2.22. The van der Waals surface area contributed by atoms with Crippen LogP contribution >= 0.6 is 0 Å². The fourth-order valence-electron chi connectivity index (χ4n) is 4.77. The van der Waals surface area contributed by atoms with Gasteiger partial charge in [0, 0.05) is 38.8 Å². The third kappa shape index (κ3) is 6.55. The van der Waals surface area contributed by atoms with Crippen LogP contribution in [0, 0.1) is 11.7 Å². The molecule has 2 aliphatic heterocycles. The number of amides is 1. The molecule has 1 amide bonds. The lowest BCUT2D eigenvalue weighted by atomic mass is 9.90. The van der Waals surface area contributed by atoms with E-state index in [1.54, 1.807) is 6.07 Å². The summed E-state index contributed by atoms with van der Waals surface area (Å²) in [6.45, 7) is 4.41. The molecule has 0 spiro atoms. The predicted octanol–water partition coefficient (Wildman–Crippen LogP) is 1.64. The molecule has 3 atom stereocenters. The molecule has 1 saturated heterocycles. The Morgan fingerprint density at radius 2 is 2.17 bits per heavy atom. The van der Waals surface area contributed by atoms with Crippen molar-refractivity contribution in [3.8, 4) is 0 Å². The molecule has 1 aromatic rings. The lowest BCUT2D eigenvalue weighted by Gasteiger charge is -2.26. The average Bonchev–Trinajstić information content (AvgIpc) is 3.00. The first-order valence-corrected chi connectivity index (χ1v) is 12.3. The number of hydrogen-bond donors (Lipinski definition) is 3. The number of alkyl halides is 1. The van der Waals surface area contributed by atoms with Crippen LogP contribution in [-0.4, -0.2) is 71.0 Å². The molecule has 3 N–H and O–H groups in total. The number of hydrogen-bond acceptors (Lipinski definition) is 5. The molecule has 7 nitrogen and oxygen atoms in total. The van der Waals surface area contributed by atoms with E-state index >= 15 is 0 Å². The summed E-state index contributed by atoms with van der Waals surface area (Å²) in [4.78, 5) is 21.9. The maximum absolute atomic E-state index is 14.1. The molecule has 0 bridgehead atoms. The Morgan fingerprint density at radius 1 is 1.37 bits per heavy atom. The summed E-state index contributed by atoms with van der Waals surface area (Å²) in [5, 5.41) is 9.30. The minimum Gasteiger partial charge on any atom is -0.381 e. The van der Waals surface area contributed by atoms with Crippen LogP contribution in [0.5, 0.6) is 0 Å². The minimum absolute atomic E-state index is 0.0495. The highest BCUT2D eigenvalue weighted by Gasteiger charge is 2.32. The number of rotatable bonds is 8. The fraction of sp³-hybridized carbons (Fsp3) is 0.560. The van der Waals surface area contributed by atoms with E-state index in [1.165, 1.54) is 18.5 Å². The Bertz CT molecular complexity index is 1010. The van der Waals surface area contributed by atoms with Crippen molar-refractivity contribution < 1.29 is 18.3 Å². The zero-order valence-electron chi connectivity index (χ0n) is 20.0. The van der Waals surface area contributed by atoms with Gasteiger partial charge in [-0.1, -0.05) is 24.5 Å². The molecule has 0 aromatic heterocycles. The standard InChI is InChI=1S/C25H32BF2N5O2/c1-15-10-22(28)24-18(15)12-23(32-14-33-24)29-6-7-30-25(34)19(13-31-17-4-8-35-9-5-17)16-2-3-20(26)21(27)11-16/h2-3,11,14-15,17,19,22,31H,4-10,12-13H2,1H3,(H,30,34)(H,29,32,33)/t15-,19-,22+/m1/s1. The van der Waals surface area contributed by atoms with Crippen molar-refractivity contribution in [3.63, 3.8) is 0 Å². The summed E-state index contributed by atoms with van der Waals surface area (Å²) in [6, 6.07) is 4.75. The van der Waals surface area contributed by atoms with Gasteiger partial charge in [-0.2, -0.15) is 0 Å². The smallest absolute Gasteiger partial charge is 0.228 e. The number of amidine groups is 1. The number of benzene rings is 1. The largest absolute Gasteiger partial charge is 0.381 e. The Hall–Kier alpha value is -2.59. The summed E-state index contributed by atoms with van der Waals surface area (Å²) >= 11 is 0. The number of halogens is 2. The van der Waals surface area contributed by atoms with Crippen LogP contribution in [0.2, 0.25) is 0 Å². The Labute approximate surface area is 206 Å². The van der Waals surface area contributed by atoms with Crippen molar-refractivity contribution in [1.82, 2.24) is 16.0 Å². The Kier molecular flexibility index (Phi) is 8.67. The van der Waals surface area contributed by atoms with E-state index in [2.05, 4.69) is 25.9 Å². The molecular weight excluding hydrogens is 451 g/mol. The zero-order chi connectivity index (χ0) is 24.8. The van der Waals surface area contributed by atoms with E-state index in [1.807, 2.05) is 6.92 Å². The van der Waals surface area contributed by atoms with Crippen molar-refractivity contribution in [2.24, 2.45) is 15.9 Å². The number of carbonyl (C=O) groups is 1. The van der Waals surface area contributed by atoms with Gasteiger partial charge < -0.3 is 20.7 Å². The second-order valence-corrected chi connectivity index (χ2v) is 9.34. The lowest BCUT2D eigenvalue weighted by molar-refractivity contribution is -0.122. The molecule has 35 heavy (non-hydrogen) atoms. The highest BCUT2D eigenvalue weighted by molar-refractivity contribution is 6.32. The SMILES string of the molecule is [B]c1ccc([C@@H](CNC2CCOCC2)C(=O)NCCN=C2CC3=C(NC=N2)[C@@H](F)C[C@H]3C)cc1F. The van der Waals surface area contributed by atoms with Crippen LogP contribution in [-0.2, 0) is 9.53 Å². The molecule has 2 radical (unpaired) electrons. The summed E-state index contributed by atoms with van der Waals surface area (Å²) in [5.74, 6) is -0.578. The van der Waals surface area contributed by atoms with E-state index in [9.17, 15) is 13.6 Å². The van der Waals surface area contributed by atoms with Gasteiger partial charge >= 0.3 is 0 Å². The number of nitrogens with one attached hydrogen (secondary N) is 3. The molecule has 10 heteroatoms. The molecular formula is C25H32BF2N5O2. The van der Waals surface area contributed by atoms with Gasteiger partial charge in [0.1, 0.15) is 25.7 Å². The maximum Gasteiger partial charge on any atom is 0.228 e. The van der Waals surface area contributed by atoms with Gasteiger partial charge in [-0.25, -0.2) is 13.8 Å². The molecule has 1 aliphatic carbocycles. The molecule has 2 heterocycles. The number of carbonyl (C=O) groups excluding carboxylic acids is 1.